The molecule has 0 saturated heterocycles. The van der Waals surface area contributed by atoms with Gasteiger partial charge in [0, 0.05) is 22.5 Å². The van der Waals surface area contributed by atoms with Crippen LogP contribution in [0.2, 0.25) is 0 Å². The first-order chi connectivity index (χ1) is 15.6. The maximum atomic E-state index is 11.8. The molecule has 158 valence electrons. The summed E-state index contributed by atoms with van der Waals surface area (Å²) in [7, 11) is 1.61. The Kier molecular flexibility index (Phi) is 4.86. The van der Waals surface area contributed by atoms with Gasteiger partial charge in [-0.25, -0.2) is 4.98 Å². The molecule has 0 aliphatic rings. The summed E-state index contributed by atoms with van der Waals surface area (Å²) < 4.78 is 7.48. The Balaban J connectivity index is 1.84. The average molecular weight is 422 g/mol. The Morgan fingerprint density at radius 1 is 0.969 bits per heavy atom. The highest BCUT2D eigenvalue weighted by Crippen LogP contribution is 2.36. The SMILES string of the molecule is COc1ccc2c(c1)c(C(C)C(=O)O)cn2-c1cc(-c2ccccc2)nc2ccccc12. The normalized spacial score (nSPS) is 12.2. The molecule has 0 aliphatic carbocycles. The zero-order valence-electron chi connectivity index (χ0n) is 17.8. The van der Waals surface area contributed by atoms with Crippen LogP contribution >= 0.6 is 0 Å². The van der Waals surface area contributed by atoms with Crippen LogP contribution in [-0.4, -0.2) is 27.7 Å². The number of carboxylic acids is 1. The zero-order valence-corrected chi connectivity index (χ0v) is 17.8. The third-order valence-electron chi connectivity index (χ3n) is 5.90. The molecule has 0 amide bonds. The lowest BCUT2D eigenvalue weighted by molar-refractivity contribution is -0.138. The zero-order chi connectivity index (χ0) is 22.2. The molecule has 2 heterocycles. The van der Waals surface area contributed by atoms with Crippen LogP contribution in [0.25, 0.3) is 38.8 Å². The summed E-state index contributed by atoms with van der Waals surface area (Å²) in [4.78, 5) is 16.7. The van der Waals surface area contributed by atoms with Gasteiger partial charge in [0.2, 0.25) is 0 Å². The van der Waals surface area contributed by atoms with Gasteiger partial charge in [-0.15, -0.1) is 0 Å². The second-order valence-electron chi connectivity index (χ2n) is 7.81. The molecule has 1 atom stereocenters. The molecule has 1 unspecified atom stereocenters. The molecule has 3 aromatic carbocycles. The van der Waals surface area contributed by atoms with E-state index in [9.17, 15) is 9.90 Å². The molecule has 0 saturated carbocycles. The molecular weight excluding hydrogens is 400 g/mol. The molecule has 32 heavy (non-hydrogen) atoms. The van der Waals surface area contributed by atoms with E-state index in [0.717, 1.165) is 44.3 Å². The van der Waals surface area contributed by atoms with Gasteiger partial charge in [-0.1, -0.05) is 48.5 Å². The number of hydrogen-bond acceptors (Lipinski definition) is 3. The predicted octanol–water partition coefficient (Wildman–Crippen LogP) is 6.04. The fourth-order valence-electron chi connectivity index (χ4n) is 4.15. The van der Waals surface area contributed by atoms with Gasteiger partial charge in [-0.05, 0) is 42.8 Å². The maximum absolute atomic E-state index is 11.8. The summed E-state index contributed by atoms with van der Waals surface area (Å²) in [6, 6.07) is 25.9. The molecule has 5 rings (SSSR count). The number of ether oxygens (including phenoxy) is 1. The van der Waals surface area contributed by atoms with E-state index < -0.39 is 11.9 Å². The first-order valence-corrected chi connectivity index (χ1v) is 10.4. The van der Waals surface area contributed by atoms with Crippen molar-refractivity contribution in [3.63, 3.8) is 0 Å². The van der Waals surface area contributed by atoms with Crippen LogP contribution in [0.15, 0.2) is 85.1 Å². The van der Waals surface area contributed by atoms with E-state index in [1.165, 1.54) is 0 Å². The van der Waals surface area contributed by atoms with Gasteiger partial charge in [0.1, 0.15) is 5.75 Å². The van der Waals surface area contributed by atoms with Crippen LogP contribution < -0.4 is 4.74 Å². The molecule has 5 heteroatoms. The Morgan fingerprint density at radius 2 is 1.72 bits per heavy atom. The Labute approximate surface area is 185 Å². The summed E-state index contributed by atoms with van der Waals surface area (Å²) >= 11 is 0. The highest BCUT2D eigenvalue weighted by Gasteiger charge is 2.22. The number of para-hydroxylation sites is 1. The Bertz CT molecular complexity index is 1450. The summed E-state index contributed by atoms with van der Waals surface area (Å²) in [5.74, 6) is -0.831. The van der Waals surface area contributed by atoms with Crippen molar-refractivity contribution >= 4 is 27.8 Å². The van der Waals surface area contributed by atoms with Crippen LogP contribution in [0, 0.1) is 0 Å². The fourth-order valence-corrected chi connectivity index (χ4v) is 4.15. The van der Waals surface area contributed by atoms with Crippen LogP contribution in [0.3, 0.4) is 0 Å². The van der Waals surface area contributed by atoms with E-state index >= 15 is 0 Å². The number of nitrogens with zero attached hydrogens (tertiary/aromatic N) is 2. The van der Waals surface area contributed by atoms with E-state index in [1.54, 1.807) is 14.0 Å². The van der Waals surface area contributed by atoms with E-state index in [1.807, 2.05) is 79.0 Å². The van der Waals surface area contributed by atoms with Crippen molar-refractivity contribution in [1.82, 2.24) is 9.55 Å². The van der Waals surface area contributed by atoms with E-state index in [4.69, 9.17) is 9.72 Å². The minimum Gasteiger partial charge on any atom is -0.497 e. The molecule has 0 spiro atoms. The highest BCUT2D eigenvalue weighted by atomic mass is 16.5. The summed E-state index contributed by atoms with van der Waals surface area (Å²) in [6.45, 7) is 1.71. The lowest BCUT2D eigenvalue weighted by atomic mass is 10.0. The topological polar surface area (TPSA) is 64.3 Å². The van der Waals surface area contributed by atoms with Crippen LogP contribution in [0.5, 0.6) is 5.75 Å². The van der Waals surface area contributed by atoms with Crippen molar-refractivity contribution in [2.75, 3.05) is 7.11 Å². The molecular formula is C27H22N2O3. The third-order valence-corrected chi connectivity index (χ3v) is 5.90. The van der Waals surface area contributed by atoms with Crippen molar-refractivity contribution < 1.29 is 14.6 Å². The second-order valence-corrected chi connectivity index (χ2v) is 7.81. The summed E-state index contributed by atoms with van der Waals surface area (Å²) in [5.41, 5.74) is 5.39. The third kappa shape index (κ3) is 3.28. The van der Waals surface area contributed by atoms with Crippen LogP contribution in [-0.2, 0) is 4.79 Å². The average Bonchev–Trinajstić information content (AvgIpc) is 3.21. The number of aromatic nitrogens is 2. The molecule has 2 aromatic heterocycles. The second kappa shape index (κ2) is 7.85. The largest absolute Gasteiger partial charge is 0.497 e. The summed E-state index contributed by atoms with van der Waals surface area (Å²) in [6.07, 6.45) is 1.93. The molecule has 1 N–H and O–H groups in total. The molecule has 5 nitrogen and oxygen atoms in total. The molecule has 0 aliphatic heterocycles. The molecule has 0 fully saturated rings. The van der Waals surface area contributed by atoms with E-state index in [-0.39, 0.29) is 0 Å². The Hall–Kier alpha value is -4.12. The van der Waals surface area contributed by atoms with Crippen molar-refractivity contribution in [2.45, 2.75) is 12.8 Å². The number of benzene rings is 3. The van der Waals surface area contributed by atoms with Crippen LogP contribution in [0.4, 0.5) is 0 Å². The highest BCUT2D eigenvalue weighted by molar-refractivity contribution is 5.96. The molecule has 0 bridgehead atoms. The van der Waals surface area contributed by atoms with Gasteiger partial charge >= 0.3 is 5.97 Å². The number of hydrogen-bond donors (Lipinski definition) is 1. The smallest absolute Gasteiger partial charge is 0.310 e. The lowest BCUT2D eigenvalue weighted by Gasteiger charge is -2.12. The predicted molar refractivity (Wildman–Crippen MR) is 127 cm³/mol. The maximum Gasteiger partial charge on any atom is 0.310 e. The van der Waals surface area contributed by atoms with Crippen LogP contribution in [0.1, 0.15) is 18.4 Å². The first kappa shape index (κ1) is 19.8. The number of rotatable bonds is 5. The summed E-state index contributed by atoms with van der Waals surface area (Å²) in [5, 5.41) is 11.6. The molecule has 0 radical (unpaired) electrons. The van der Waals surface area contributed by atoms with Gasteiger partial charge in [-0.2, -0.15) is 0 Å². The van der Waals surface area contributed by atoms with E-state index in [0.29, 0.717) is 5.75 Å². The van der Waals surface area contributed by atoms with Gasteiger partial charge in [-0.3, -0.25) is 4.79 Å². The standard InChI is InChI=1S/C27H22N2O3/c1-17(27(30)31)22-16-29(25-13-12-19(32-2)14-21(22)25)26-15-24(18-8-4-3-5-9-18)28-23-11-7-6-10-20(23)26/h3-17H,1-2H3,(H,30,31). The van der Waals surface area contributed by atoms with Crippen molar-refractivity contribution in [2.24, 2.45) is 0 Å². The quantitative estimate of drug-likeness (QED) is 0.375. The number of fused-ring (bicyclic) bond motifs is 2. The van der Waals surface area contributed by atoms with Crippen molar-refractivity contribution in [3.05, 3.63) is 90.6 Å². The van der Waals surface area contributed by atoms with Gasteiger partial charge in [0.05, 0.1) is 35.4 Å². The van der Waals surface area contributed by atoms with E-state index in [2.05, 4.69) is 10.6 Å². The number of aliphatic carboxylic acids is 1. The number of methoxy groups -OCH3 is 1. The van der Waals surface area contributed by atoms with Crippen molar-refractivity contribution in [1.29, 1.82) is 0 Å². The number of pyridine rings is 1. The number of carbonyl (C=O) groups is 1. The fraction of sp³-hybridized carbons (Fsp3) is 0.111. The molecule has 5 aromatic rings. The lowest BCUT2D eigenvalue weighted by Crippen LogP contribution is -2.06. The first-order valence-electron chi connectivity index (χ1n) is 10.4. The monoisotopic (exact) mass is 422 g/mol. The van der Waals surface area contributed by atoms with Gasteiger partial charge in [0.25, 0.3) is 0 Å². The number of carboxylic acid groups (broad SMARTS) is 1. The minimum absolute atomic E-state index is 0.660. The van der Waals surface area contributed by atoms with Gasteiger partial charge in [0.15, 0.2) is 0 Å². The van der Waals surface area contributed by atoms with Gasteiger partial charge < -0.3 is 14.4 Å². The Morgan fingerprint density at radius 3 is 2.47 bits per heavy atom. The minimum atomic E-state index is -0.864. The van der Waals surface area contributed by atoms with Crippen molar-refractivity contribution in [3.8, 4) is 22.7 Å².